The second-order valence-corrected chi connectivity index (χ2v) is 14.4. The zero-order valence-electron chi connectivity index (χ0n) is 24.3. The molecule has 4 rings (SSSR count). The number of hydrogen-bond donors (Lipinski definition) is 2. The lowest BCUT2D eigenvalue weighted by Crippen LogP contribution is -2.50. The standard InChI is InChI=1S/C29H41ClN7O2P/c1-21(13-14-35(2)3)36-15-17-37(18-16-36)22-11-12-24(26(19-22)39-4)33-29-31-20-23(30)28(34-29)32-25-9-7-8-10-27(25)40(5,6)38/h7-12,19-21H,13-18H2,1-6H3,(H2,31,32,33,34). The summed E-state index contributed by atoms with van der Waals surface area (Å²) in [6.45, 7) is 10.9. The molecule has 3 aromatic rings. The molecule has 0 amide bonds. The minimum absolute atomic E-state index is 0.361. The van der Waals surface area contributed by atoms with Gasteiger partial charge >= 0.3 is 0 Å². The van der Waals surface area contributed by atoms with Crippen LogP contribution in [-0.2, 0) is 4.57 Å². The number of ether oxygens (including phenoxy) is 1. The van der Waals surface area contributed by atoms with Crippen molar-refractivity contribution in [3.8, 4) is 5.75 Å². The first kappa shape index (κ1) is 30.1. The third kappa shape index (κ3) is 7.67. The summed E-state index contributed by atoms with van der Waals surface area (Å²) >= 11 is 6.42. The molecule has 1 fully saturated rings. The molecule has 11 heteroatoms. The number of para-hydroxylation sites is 1. The molecule has 1 aromatic heterocycles. The Morgan fingerprint density at radius 1 is 1.07 bits per heavy atom. The van der Waals surface area contributed by atoms with Crippen LogP contribution < -0.4 is 25.6 Å². The lowest BCUT2D eigenvalue weighted by Gasteiger charge is -2.39. The predicted molar refractivity (Wildman–Crippen MR) is 169 cm³/mol. The summed E-state index contributed by atoms with van der Waals surface area (Å²) in [5.41, 5.74) is 2.58. The Labute approximate surface area is 243 Å². The number of hydrogen-bond acceptors (Lipinski definition) is 9. The van der Waals surface area contributed by atoms with E-state index in [-0.39, 0.29) is 0 Å². The quantitative estimate of drug-likeness (QED) is 0.290. The number of nitrogens with zero attached hydrogens (tertiary/aromatic N) is 5. The zero-order valence-corrected chi connectivity index (χ0v) is 26.0. The van der Waals surface area contributed by atoms with E-state index < -0.39 is 7.14 Å². The van der Waals surface area contributed by atoms with E-state index >= 15 is 0 Å². The van der Waals surface area contributed by atoms with Crippen LogP contribution in [0.1, 0.15) is 13.3 Å². The van der Waals surface area contributed by atoms with Gasteiger partial charge in [0.15, 0.2) is 5.82 Å². The number of piperazine rings is 1. The van der Waals surface area contributed by atoms with Crippen molar-refractivity contribution in [1.82, 2.24) is 19.8 Å². The minimum Gasteiger partial charge on any atom is -0.494 e. The molecule has 0 spiro atoms. The minimum atomic E-state index is -2.51. The van der Waals surface area contributed by atoms with Crippen LogP contribution in [0.15, 0.2) is 48.7 Å². The Hall–Kier alpha value is -2.84. The van der Waals surface area contributed by atoms with Gasteiger partial charge in [-0.05, 0) is 71.6 Å². The van der Waals surface area contributed by atoms with Crippen LogP contribution in [-0.4, -0.2) is 93.1 Å². The fourth-order valence-corrected chi connectivity index (χ4v) is 6.13. The van der Waals surface area contributed by atoms with Gasteiger partial charge in [0, 0.05) is 49.3 Å². The second-order valence-electron chi connectivity index (χ2n) is 10.9. The summed E-state index contributed by atoms with van der Waals surface area (Å²) in [5.74, 6) is 1.50. The van der Waals surface area contributed by atoms with Crippen molar-refractivity contribution in [2.75, 3.05) is 82.8 Å². The van der Waals surface area contributed by atoms with E-state index in [9.17, 15) is 4.57 Å². The highest BCUT2D eigenvalue weighted by molar-refractivity contribution is 7.70. The summed E-state index contributed by atoms with van der Waals surface area (Å²) in [5, 5.41) is 7.60. The Morgan fingerprint density at radius 3 is 2.48 bits per heavy atom. The fraction of sp³-hybridized carbons (Fsp3) is 0.448. The number of nitrogens with one attached hydrogen (secondary N) is 2. The SMILES string of the molecule is COc1cc(N2CCN(C(C)CCN(C)C)CC2)ccc1Nc1ncc(Cl)c(Nc2ccccc2P(C)(C)=O)n1. The average molecular weight is 586 g/mol. The molecule has 0 saturated carbocycles. The van der Waals surface area contributed by atoms with E-state index in [2.05, 4.69) is 68.5 Å². The van der Waals surface area contributed by atoms with Crippen molar-refractivity contribution in [2.24, 2.45) is 0 Å². The molecule has 40 heavy (non-hydrogen) atoms. The molecule has 9 nitrogen and oxygen atoms in total. The number of methoxy groups -OCH3 is 1. The van der Waals surface area contributed by atoms with Gasteiger partial charge in [0.1, 0.15) is 17.9 Å². The highest BCUT2D eigenvalue weighted by Crippen LogP contribution is 2.39. The summed E-state index contributed by atoms with van der Waals surface area (Å²) in [4.78, 5) is 16.2. The first-order valence-corrected chi connectivity index (χ1v) is 16.6. The maximum Gasteiger partial charge on any atom is 0.229 e. The average Bonchev–Trinajstić information content (AvgIpc) is 2.93. The van der Waals surface area contributed by atoms with Gasteiger partial charge in [-0.15, -0.1) is 0 Å². The third-order valence-corrected chi connectivity index (χ3v) is 9.04. The van der Waals surface area contributed by atoms with Crippen LogP contribution in [0, 0.1) is 0 Å². The number of benzene rings is 2. The smallest absolute Gasteiger partial charge is 0.229 e. The van der Waals surface area contributed by atoms with Crippen molar-refractivity contribution in [2.45, 2.75) is 19.4 Å². The summed E-state index contributed by atoms with van der Waals surface area (Å²) < 4.78 is 18.5. The monoisotopic (exact) mass is 585 g/mol. The van der Waals surface area contributed by atoms with E-state index in [4.69, 9.17) is 16.3 Å². The molecule has 1 atom stereocenters. The highest BCUT2D eigenvalue weighted by atomic mass is 35.5. The van der Waals surface area contributed by atoms with Gasteiger partial charge in [-0.1, -0.05) is 23.7 Å². The zero-order chi connectivity index (χ0) is 28.9. The molecule has 1 aliphatic heterocycles. The number of anilines is 5. The van der Waals surface area contributed by atoms with E-state index in [0.29, 0.717) is 34.3 Å². The molecule has 0 radical (unpaired) electrons. The molecule has 1 aliphatic rings. The number of halogens is 1. The van der Waals surface area contributed by atoms with Gasteiger partial charge in [0.05, 0.1) is 24.7 Å². The van der Waals surface area contributed by atoms with E-state index in [1.54, 1.807) is 26.6 Å². The Balaban J connectivity index is 1.45. The van der Waals surface area contributed by atoms with Crippen LogP contribution in [0.4, 0.5) is 28.8 Å². The highest BCUT2D eigenvalue weighted by Gasteiger charge is 2.22. The van der Waals surface area contributed by atoms with Crippen molar-refractivity contribution in [1.29, 1.82) is 0 Å². The first-order chi connectivity index (χ1) is 19.0. The molecule has 2 N–H and O–H groups in total. The van der Waals surface area contributed by atoms with Gasteiger partial charge in [0.25, 0.3) is 0 Å². The maximum absolute atomic E-state index is 12.8. The van der Waals surface area contributed by atoms with Crippen molar-refractivity contribution < 1.29 is 9.30 Å². The Bertz CT molecular complexity index is 1340. The topological polar surface area (TPSA) is 85.9 Å². The Kier molecular flexibility index (Phi) is 9.95. The normalized spacial score (nSPS) is 15.2. The van der Waals surface area contributed by atoms with Crippen LogP contribution in [0.5, 0.6) is 5.75 Å². The van der Waals surface area contributed by atoms with E-state index in [1.807, 2.05) is 30.3 Å². The number of rotatable bonds is 11. The van der Waals surface area contributed by atoms with Gasteiger partial charge < -0.3 is 29.7 Å². The molecule has 0 bridgehead atoms. The summed E-state index contributed by atoms with van der Waals surface area (Å²) in [7, 11) is 3.41. The molecular formula is C29H41ClN7O2P. The van der Waals surface area contributed by atoms with Crippen LogP contribution in [0.2, 0.25) is 5.02 Å². The molecule has 1 unspecified atom stereocenters. The lowest BCUT2D eigenvalue weighted by atomic mass is 10.1. The van der Waals surface area contributed by atoms with Gasteiger partial charge in [-0.3, -0.25) is 4.90 Å². The summed E-state index contributed by atoms with van der Waals surface area (Å²) in [6.07, 6.45) is 2.72. The fourth-order valence-electron chi connectivity index (χ4n) is 4.84. The molecule has 2 heterocycles. The lowest BCUT2D eigenvalue weighted by molar-refractivity contribution is 0.178. The van der Waals surface area contributed by atoms with Gasteiger partial charge in [0.2, 0.25) is 5.95 Å². The number of aromatic nitrogens is 2. The molecule has 216 valence electrons. The largest absolute Gasteiger partial charge is 0.494 e. The van der Waals surface area contributed by atoms with E-state index in [0.717, 1.165) is 49.4 Å². The van der Waals surface area contributed by atoms with Crippen molar-refractivity contribution >= 4 is 52.9 Å². The Morgan fingerprint density at radius 2 is 1.80 bits per heavy atom. The molecule has 2 aromatic carbocycles. The van der Waals surface area contributed by atoms with Gasteiger partial charge in [-0.2, -0.15) is 4.98 Å². The second kappa shape index (κ2) is 13.2. The molecule has 0 aliphatic carbocycles. The van der Waals surface area contributed by atoms with Crippen molar-refractivity contribution in [3.05, 3.63) is 53.7 Å². The molecular weight excluding hydrogens is 545 g/mol. The van der Waals surface area contributed by atoms with Crippen LogP contribution in [0.25, 0.3) is 0 Å². The third-order valence-electron chi connectivity index (χ3n) is 7.21. The van der Waals surface area contributed by atoms with Gasteiger partial charge in [-0.25, -0.2) is 4.98 Å². The maximum atomic E-state index is 12.8. The van der Waals surface area contributed by atoms with E-state index in [1.165, 1.54) is 6.42 Å². The predicted octanol–water partition coefficient (Wildman–Crippen LogP) is 5.34. The first-order valence-electron chi connectivity index (χ1n) is 13.6. The van der Waals surface area contributed by atoms with Crippen LogP contribution in [0.3, 0.4) is 0 Å². The summed E-state index contributed by atoms with van der Waals surface area (Å²) in [6, 6.07) is 14.2. The van der Waals surface area contributed by atoms with Crippen LogP contribution >= 0.6 is 18.7 Å². The van der Waals surface area contributed by atoms with Crippen molar-refractivity contribution in [3.63, 3.8) is 0 Å². The molecule has 1 saturated heterocycles.